The Morgan fingerprint density at radius 2 is 2.25 bits per heavy atom. The molecule has 3 nitrogen and oxygen atoms in total. The van der Waals surface area contributed by atoms with E-state index in [-0.39, 0.29) is 5.71 Å². The van der Waals surface area contributed by atoms with E-state index in [4.69, 9.17) is 11.1 Å². The quantitative estimate of drug-likeness (QED) is 0.509. The van der Waals surface area contributed by atoms with Crippen molar-refractivity contribution in [3.8, 4) is 0 Å². The summed E-state index contributed by atoms with van der Waals surface area (Å²) in [6, 6.07) is 0. The van der Waals surface area contributed by atoms with Crippen LogP contribution < -0.4 is 5.73 Å². The molecule has 0 aromatic rings. The average Bonchev–Trinajstić information content (AvgIpc) is 1.67. The van der Waals surface area contributed by atoms with Gasteiger partial charge in [-0.15, -0.1) is 0 Å². The predicted octanol–water partition coefficient (Wildman–Crippen LogP) is 0.292. The Bertz CT molecular complexity index is 109. The molecule has 0 saturated carbocycles. The first-order chi connectivity index (χ1) is 3.68. The Balaban J connectivity index is 3.49. The fraction of sp³-hybridized carbons (Fsp3) is 0.600. The largest absolute Gasteiger partial charge is 0.365 e. The minimum absolute atomic E-state index is 0.0208. The van der Waals surface area contributed by atoms with E-state index in [0.717, 1.165) is 6.42 Å². The van der Waals surface area contributed by atoms with Crippen LogP contribution in [-0.2, 0) is 4.79 Å². The topological polar surface area (TPSA) is 66.9 Å². The van der Waals surface area contributed by atoms with Crippen LogP contribution in [0.1, 0.15) is 19.8 Å². The lowest BCUT2D eigenvalue weighted by molar-refractivity contribution is -0.112. The van der Waals surface area contributed by atoms with E-state index >= 15 is 0 Å². The van der Waals surface area contributed by atoms with Crippen LogP contribution in [0.4, 0.5) is 0 Å². The van der Waals surface area contributed by atoms with Crippen molar-refractivity contribution in [2.45, 2.75) is 19.8 Å². The SMILES string of the molecule is CCCC(=N)C(N)=O. The molecule has 0 unspecified atom stereocenters. The monoisotopic (exact) mass is 114 g/mol. The van der Waals surface area contributed by atoms with Gasteiger partial charge in [0.2, 0.25) is 0 Å². The van der Waals surface area contributed by atoms with Gasteiger partial charge in [-0.3, -0.25) is 10.2 Å². The lowest BCUT2D eigenvalue weighted by atomic mass is 10.2. The number of carbonyl (C=O) groups is 1. The van der Waals surface area contributed by atoms with Crippen LogP contribution in [0.5, 0.6) is 0 Å². The second-order valence-corrected chi connectivity index (χ2v) is 1.59. The van der Waals surface area contributed by atoms with Gasteiger partial charge in [-0.05, 0) is 6.42 Å². The molecule has 8 heavy (non-hydrogen) atoms. The highest BCUT2D eigenvalue weighted by molar-refractivity contribution is 6.36. The molecule has 0 radical (unpaired) electrons. The number of rotatable bonds is 3. The van der Waals surface area contributed by atoms with Crippen LogP contribution in [0.3, 0.4) is 0 Å². The molecular weight excluding hydrogens is 104 g/mol. The maximum Gasteiger partial charge on any atom is 0.262 e. The molecule has 0 aliphatic rings. The van der Waals surface area contributed by atoms with Crippen LogP contribution in [0.25, 0.3) is 0 Å². The first kappa shape index (κ1) is 7.14. The van der Waals surface area contributed by atoms with Gasteiger partial charge in [0.05, 0.1) is 5.71 Å². The van der Waals surface area contributed by atoms with Crippen LogP contribution in [0.2, 0.25) is 0 Å². The Morgan fingerprint density at radius 1 is 1.75 bits per heavy atom. The predicted molar refractivity (Wildman–Crippen MR) is 31.8 cm³/mol. The summed E-state index contributed by atoms with van der Waals surface area (Å²) in [5.41, 5.74) is 4.78. The van der Waals surface area contributed by atoms with Crippen molar-refractivity contribution in [2.75, 3.05) is 0 Å². The molecular formula is C5H10N2O. The molecule has 0 bridgehead atoms. The Morgan fingerprint density at radius 3 is 2.38 bits per heavy atom. The summed E-state index contributed by atoms with van der Waals surface area (Å²) in [5.74, 6) is -0.605. The van der Waals surface area contributed by atoms with E-state index < -0.39 is 5.91 Å². The molecule has 0 aromatic heterocycles. The molecule has 0 fully saturated rings. The highest BCUT2D eigenvalue weighted by Gasteiger charge is 1.99. The Kier molecular flexibility index (Phi) is 2.84. The van der Waals surface area contributed by atoms with E-state index in [2.05, 4.69) is 0 Å². The van der Waals surface area contributed by atoms with Crippen LogP contribution in [0.15, 0.2) is 0 Å². The van der Waals surface area contributed by atoms with E-state index in [9.17, 15) is 4.79 Å². The molecule has 0 rings (SSSR count). The Labute approximate surface area is 48.4 Å². The normalized spacial score (nSPS) is 8.62. The maximum absolute atomic E-state index is 10.1. The van der Waals surface area contributed by atoms with Gasteiger partial charge in [0.15, 0.2) is 0 Å². The number of nitrogens with two attached hydrogens (primary N) is 1. The average molecular weight is 114 g/mol. The highest BCUT2D eigenvalue weighted by atomic mass is 16.1. The van der Waals surface area contributed by atoms with Gasteiger partial charge in [-0.2, -0.15) is 0 Å². The smallest absolute Gasteiger partial charge is 0.262 e. The van der Waals surface area contributed by atoms with Gasteiger partial charge in [0, 0.05) is 0 Å². The molecule has 0 aliphatic carbocycles. The third kappa shape index (κ3) is 2.34. The van der Waals surface area contributed by atoms with Crippen molar-refractivity contribution in [1.82, 2.24) is 0 Å². The summed E-state index contributed by atoms with van der Waals surface area (Å²) < 4.78 is 0. The minimum Gasteiger partial charge on any atom is -0.365 e. The molecule has 0 heterocycles. The first-order valence-electron chi connectivity index (χ1n) is 2.55. The van der Waals surface area contributed by atoms with Crippen LogP contribution in [-0.4, -0.2) is 11.6 Å². The zero-order valence-corrected chi connectivity index (χ0v) is 4.90. The molecule has 3 N–H and O–H groups in total. The number of amides is 1. The van der Waals surface area contributed by atoms with Gasteiger partial charge < -0.3 is 5.73 Å². The summed E-state index contributed by atoms with van der Waals surface area (Å²) >= 11 is 0. The minimum atomic E-state index is -0.605. The lowest BCUT2D eigenvalue weighted by Crippen LogP contribution is -2.21. The van der Waals surface area contributed by atoms with Gasteiger partial charge >= 0.3 is 0 Å². The highest BCUT2D eigenvalue weighted by Crippen LogP contribution is 1.86. The van der Waals surface area contributed by atoms with Gasteiger partial charge in [0.1, 0.15) is 0 Å². The van der Waals surface area contributed by atoms with Gasteiger partial charge in [-0.25, -0.2) is 0 Å². The number of nitrogens with one attached hydrogen (secondary N) is 1. The van der Waals surface area contributed by atoms with Crippen LogP contribution in [0, 0.1) is 5.41 Å². The third-order valence-corrected chi connectivity index (χ3v) is 0.797. The molecule has 0 aromatic carbocycles. The van der Waals surface area contributed by atoms with Gasteiger partial charge in [0.25, 0.3) is 5.91 Å². The van der Waals surface area contributed by atoms with E-state index in [1.54, 1.807) is 0 Å². The van der Waals surface area contributed by atoms with Crippen molar-refractivity contribution in [3.63, 3.8) is 0 Å². The lowest BCUT2D eigenvalue weighted by Gasteiger charge is -1.91. The van der Waals surface area contributed by atoms with Gasteiger partial charge in [-0.1, -0.05) is 13.3 Å². The summed E-state index contributed by atoms with van der Waals surface area (Å²) in [7, 11) is 0. The van der Waals surface area contributed by atoms with E-state index in [1.807, 2.05) is 6.92 Å². The first-order valence-corrected chi connectivity index (χ1v) is 2.55. The van der Waals surface area contributed by atoms with Crippen molar-refractivity contribution in [2.24, 2.45) is 5.73 Å². The van der Waals surface area contributed by atoms with Crippen molar-refractivity contribution >= 4 is 11.6 Å². The fourth-order valence-electron chi connectivity index (χ4n) is 0.373. The number of carbonyl (C=O) groups excluding carboxylic acids is 1. The molecule has 46 valence electrons. The fourth-order valence-corrected chi connectivity index (χ4v) is 0.373. The van der Waals surface area contributed by atoms with Crippen molar-refractivity contribution < 1.29 is 4.79 Å². The second kappa shape index (κ2) is 3.18. The summed E-state index contributed by atoms with van der Waals surface area (Å²) in [6.45, 7) is 1.90. The third-order valence-electron chi connectivity index (χ3n) is 0.797. The molecule has 0 atom stereocenters. The van der Waals surface area contributed by atoms with E-state index in [1.165, 1.54) is 0 Å². The summed E-state index contributed by atoms with van der Waals surface area (Å²) in [4.78, 5) is 10.1. The van der Waals surface area contributed by atoms with Crippen molar-refractivity contribution in [3.05, 3.63) is 0 Å². The van der Waals surface area contributed by atoms with E-state index in [0.29, 0.717) is 6.42 Å². The number of hydrogen-bond acceptors (Lipinski definition) is 2. The summed E-state index contributed by atoms with van der Waals surface area (Å²) in [6.07, 6.45) is 1.30. The number of primary amides is 1. The van der Waals surface area contributed by atoms with Crippen LogP contribution >= 0.6 is 0 Å². The standard InChI is InChI=1S/C5H10N2O/c1-2-3-4(6)5(7)8/h6H,2-3H2,1H3,(H2,7,8). The summed E-state index contributed by atoms with van der Waals surface area (Å²) in [5, 5.41) is 6.87. The molecule has 0 aliphatic heterocycles. The molecule has 3 heteroatoms. The zero-order chi connectivity index (χ0) is 6.57. The molecule has 0 saturated heterocycles. The molecule has 1 amide bonds. The Hall–Kier alpha value is -0.860. The second-order valence-electron chi connectivity index (χ2n) is 1.59. The van der Waals surface area contributed by atoms with Crippen molar-refractivity contribution in [1.29, 1.82) is 5.41 Å². The number of hydrogen-bond donors (Lipinski definition) is 2. The molecule has 0 spiro atoms. The zero-order valence-electron chi connectivity index (χ0n) is 4.90. The maximum atomic E-state index is 10.1.